The van der Waals surface area contributed by atoms with Crippen molar-refractivity contribution in [1.82, 2.24) is 9.78 Å². The van der Waals surface area contributed by atoms with Gasteiger partial charge in [-0.2, -0.15) is 18.3 Å². The number of hydrogen-bond donors (Lipinski definition) is 0. The first-order valence-electron chi connectivity index (χ1n) is 4.20. The lowest BCUT2D eigenvalue weighted by Gasteiger charge is -2.14. The van der Waals surface area contributed by atoms with Gasteiger partial charge in [0.2, 0.25) is 0 Å². The van der Waals surface area contributed by atoms with Crippen LogP contribution in [-0.2, 0) is 31.0 Å². The van der Waals surface area contributed by atoms with E-state index in [1.807, 2.05) is 0 Å². The van der Waals surface area contributed by atoms with E-state index in [4.69, 9.17) is 4.74 Å². The molecule has 1 aliphatic rings. The molecule has 6 heteroatoms. The van der Waals surface area contributed by atoms with Gasteiger partial charge in [0.1, 0.15) is 0 Å². The van der Waals surface area contributed by atoms with E-state index in [9.17, 15) is 13.2 Å². The minimum Gasteiger partial charge on any atom is -0.375 e. The fraction of sp³-hybridized carbons (Fsp3) is 0.625. The first-order chi connectivity index (χ1) is 6.50. The molecule has 0 amide bonds. The van der Waals surface area contributed by atoms with Crippen LogP contribution in [0.25, 0.3) is 0 Å². The molecule has 0 fully saturated rings. The van der Waals surface area contributed by atoms with E-state index in [1.165, 1.54) is 11.7 Å². The molecular formula is C8H9F3N2O. The van der Waals surface area contributed by atoms with E-state index >= 15 is 0 Å². The zero-order chi connectivity index (χ0) is 10.3. The maximum absolute atomic E-state index is 12.5. The molecule has 2 heterocycles. The second kappa shape index (κ2) is 2.98. The summed E-state index contributed by atoms with van der Waals surface area (Å²) >= 11 is 0. The largest absolute Gasteiger partial charge is 0.435 e. The maximum atomic E-state index is 12.5. The van der Waals surface area contributed by atoms with Crippen LogP contribution in [0.3, 0.4) is 0 Å². The van der Waals surface area contributed by atoms with E-state index < -0.39 is 11.9 Å². The van der Waals surface area contributed by atoms with Crippen molar-refractivity contribution in [1.29, 1.82) is 0 Å². The molecule has 0 bridgehead atoms. The Bertz CT molecular complexity index is 356. The molecule has 1 aromatic heterocycles. The summed E-state index contributed by atoms with van der Waals surface area (Å²) in [4.78, 5) is 0. The van der Waals surface area contributed by atoms with Gasteiger partial charge in [0.05, 0.1) is 18.9 Å². The summed E-state index contributed by atoms with van der Waals surface area (Å²) in [5.74, 6) is 0. The molecular weight excluding hydrogens is 197 g/mol. The molecule has 78 valence electrons. The van der Waals surface area contributed by atoms with Crippen LogP contribution in [0.4, 0.5) is 13.2 Å². The normalized spacial score (nSPS) is 16.9. The Labute approximate surface area is 78.5 Å². The fourth-order valence-electron chi connectivity index (χ4n) is 1.62. The predicted octanol–water partition coefficient (Wildman–Crippen LogP) is 1.51. The van der Waals surface area contributed by atoms with Crippen molar-refractivity contribution in [3.05, 3.63) is 17.0 Å². The summed E-state index contributed by atoms with van der Waals surface area (Å²) in [5.41, 5.74) is 0.0492. The average molecular weight is 206 g/mol. The van der Waals surface area contributed by atoms with Gasteiger partial charge in [-0.1, -0.05) is 0 Å². The average Bonchev–Trinajstić information content (AvgIpc) is 2.44. The molecule has 0 saturated heterocycles. The highest BCUT2D eigenvalue weighted by molar-refractivity contribution is 5.29. The van der Waals surface area contributed by atoms with E-state index in [0.717, 1.165) is 0 Å². The fourth-order valence-corrected chi connectivity index (χ4v) is 1.62. The summed E-state index contributed by atoms with van der Waals surface area (Å²) in [6.45, 7) is 0.552. The Morgan fingerprint density at radius 3 is 2.79 bits per heavy atom. The number of aryl methyl sites for hydroxylation is 1. The number of nitrogens with zero attached hydrogens (tertiary/aromatic N) is 2. The van der Waals surface area contributed by atoms with Gasteiger partial charge < -0.3 is 4.74 Å². The van der Waals surface area contributed by atoms with Crippen LogP contribution in [-0.4, -0.2) is 16.4 Å². The molecule has 1 aromatic rings. The van der Waals surface area contributed by atoms with Crippen LogP contribution in [0, 0.1) is 0 Å². The SMILES string of the molecule is Cn1nc(C(F)(F)F)c2c1COCC2. The maximum Gasteiger partial charge on any atom is 0.435 e. The third-order valence-corrected chi connectivity index (χ3v) is 2.28. The number of hydrogen-bond acceptors (Lipinski definition) is 2. The number of ether oxygens (including phenoxy) is 1. The Morgan fingerprint density at radius 2 is 2.14 bits per heavy atom. The van der Waals surface area contributed by atoms with Crippen LogP contribution in [0.1, 0.15) is 17.0 Å². The molecule has 3 nitrogen and oxygen atoms in total. The molecule has 0 aliphatic carbocycles. The van der Waals surface area contributed by atoms with Gasteiger partial charge in [0.25, 0.3) is 0 Å². The van der Waals surface area contributed by atoms with Crippen LogP contribution in [0.2, 0.25) is 0 Å². The van der Waals surface area contributed by atoms with Crippen LogP contribution >= 0.6 is 0 Å². The molecule has 0 spiro atoms. The van der Waals surface area contributed by atoms with E-state index in [1.54, 1.807) is 0 Å². The van der Waals surface area contributed by atoms with Crippen molar-refractivity contribution in [2.24, 2.45) is 7.05 Å². The molecule has 14 heavy (non-hydrogen) atoms. The van der Waals surface area contributed by atoms with Crippen LogP contribution in [0.15, 0.2) is 0 Å². The summed E-state index contributed by atoms with van der Waals surface area (Å²) in [7, 11) is 1.50. The lowest BCUT2D eigenvalue weighted by molar-refractivity contribution is -0.142. The monoisotopic (exact) mass is 206 g/mol. The van der Waals surface area contributed by atoms with Gasteiger partial charge in [-0.05, 0) is 6.42 Å². The van der Waals surface area contributed by atoms with E-state index in [-0.39, 0.29) is 18.6 Å². The zero-order valence-corrected chi connectivity index (χ0v) is 7.56. The van der Waals surface area contributed by atoms with Gasteiger partial charge in [-0.25, -0.2) is 0 Å². The topological polar surface area (TPSA) is 27.1 Å². The number of alkyl halides is 3. The van der Waals surface area contributed by atoms with Crippen molar-refractivity contribution in [3.63, 3.8) is 0 Å². The van der Waals surface area contributed by atoms with E-state index in [0.29, 0.717) is 12.3 Å². The highest BCUT2D eigenvalue weighted by atomic mass is 19.4. The minimum absolute atomic E-state index is 0.217. The lowest BCUT2D eigenvalue weighted by Crippen LogP contribution is -2.14. The summed E-state index contributed by atoms with van der Waals surface area (Å²) < 4.78 is 43.7. The minimum atomic E-state index is -4.36. The lowest BCUT2D eigenvalue weighted by atomic mass is 10.1. The van der Waals surface area contributed by atoms with E-state index in [2.05, 4.69) is 5.10 Å². The second-order valence-corrected chi connectivity index (χ2v) is 3.20. The van der Waals surface area contributed by atoms with Gasteiger partial charge >= 0.3 is 6.18 Å². The van der Waals surface area contributed by atoms with Crippen molar-refractivity contribution in [3.8, 4) is 0 Å². The quantitative estimate of drug-likeness (QED) is 0.643. The van der Waals surface area contributed by atoms with Crippen LogP contribution in [0.5, 0.6) is 0 Å². The van der Waals surface area contributed by atoms with Gasteiger partial charge in [0.15, 0.2) is 5.69 Å². The molecule has 2 rings (SSSR count). The molecule has 0 atom stereocenters. The molecule has 0 N–H and O–H groups in total. The van der Waals surface area contributed by atoms with Gasteiger partial charge in [-0.15, -0.1) is 0 Å². The summed E-state index contributed by atoms with van der Waals surface area (Å²) in [5, 5.41) is 3.48. The van der Waals surface area contributed by atoms with Gasteiger partial charge in [-0.3, -0.25) is 4.68 Å². The first kappa shape index (κ1) is 9.51. The molecule has 1 aliphatic heterocycles. The molecule has 0 saturated carbocycles. The first-order valence-corrected chi connectivity index (χ1v) is 4.20. The third kappa shape index (κ3) is 1.39. The van der Waals surface area contributed by atoms with Crippen molar-refractivity contribution < 1.29 is 17.9 Å². The Balaban J connectivity index is 2.52. The smallest absolute Gasteiger partial charge is 0.375 e. The number of aromatic nitrogens is 2. The zero-order valence-electron chi connectivity index (χ0n) is 7.56. The number of fused-ring (bicyclic) bond motifs is 1. The summed E-state index contributed by atoms with van der Waals surface area (Å²) in [6, 6.07) is 0. The van der Waals surface area contributed by atoms with Gasteiger partial charge in [0, 0.05) is 12.6 Å². The Morgan fingerprint density at radius 1 is 1.43 bits per heavy atom. The van der Waals surface area contributed by atoms with Crippen molar-refractivity contribution in [2.45, 2.75) is 19.2 Å². The Kier molecular flexibility index (Phi) is 2.02. The highest BCUT2D eigenvalue weighted by Crippen LogP contribution is 2.33. The Hall–Kier alpha value is -1.04. The number of rotatable bonds is 0. The number of halogens is 3. The molecule has 0 unspecified atom stereocenters. The predicted molar refractivity (Wildman–Crippen MR) is 41.6 cm³/mol. The standard InChI is InChI=1S/C8H9F3N2O/c1-13-6-4-14-3-2-5(6)7(12-13)8(9,10)11/h2-4H2,1H3. The summed E-state index contributed by atoms with van der Waals surface area (Å²) in [6.07, 6.45) is -4.07. The molecule has 0 radical (unpaired) electrons. The second-order valence-electron chi connectivity index (χ2n) is 3.20. The highest BCUT2D eigenvalue weighted by Gasteiger charge is 2.39. The molecule has 0 aromatic carbocycles. The van der Waals surface area contributed by atoms with Crippen molar-refractivity contribution in [2.75, 3.05) is 6.61 Å². The van der Waals surface area contributed by atoms with Crippen molar-refractivity contribution >= 4 is 0 Å². The van der Waals surface area contributed by atoms with Crippen LogP contribution < -0.4 is 0 Å². The third-order valence-electron chi connectivity index (χ3n) is 2.28.